The van der Waals surface area contributed by atoms with E-state index in [9.17, 15) is 4.79 Å². The molecule has 0 saturated heterocycles. The van der Waals surface area contributed by atoms with Crippen molar-refractivity contribution in [3.8, 4) is 5.75 Å². The largest absolute Gasteiger partial charge is 0.493 e. The Morgan fingerprint density at radius 2 is 2.33 bits per heavy atom. The number of carbonyl (C=O) groups is 1. The Morgan fingerprint density at radius 1 is 1.44 bits per heavy atom. The summed E-state index contributed by atoms with van der Waals surface area (Å²) in [7, 11) is 1.74. The summed E-state index contributed by atoms with van der Waals surface area (Å²) >= 11 is 0. The lowest BCUT2D eigenvalue weighted by Crippen LogP contribution is -2.16. The van der Waals surface area contributed by atoms with E-state index in [1.54, 1.807) is 24.0 Å². The van der Waals surface area contributed by atoms with Gasteiger partial charge in [-0.3, -0.25) is 9.48 Å². The van der Waals surface area contributed by atoms with Crippen molar-refractivity contribution >= 4 is 11.6 Å². The van der Waals surface area contributed by atoms with Crippen molar-refractivity contribution in [1.29, 1.82) is 0 Å². The van der Waals surface area contributed by atoms with Crippen LogP contribution in [0.4, 0.5) is 5.69 Å². The van der Waals surface area contributed by atoms with Gasteiger partial charge in [-0.05, 0) is 29.8 Å². The molecule has 0 saturated carbocycles. The topological polar surface area (TPSA) is 56.2 Å². The number of aromatic nitrogens is 2. The van der Waals surface area contributed by atoms with Gasteiger partial charge in [0.15, 0.2) is 0 Å². The van der Waals surface area contributed by atoms with Crippen LogP contribution in [0.2, 0.25) is 0 Å². The maximum atomic E-state index is 12.0. The summed E-state index contributed by atoms with van der Waals surface area (Å²) in [5, 5.41) is 6.83. The molecule has 0 spiro atoms. The first-order chi connectivity index (χ1) is 8.74. The normalized spacial score (nSPS) is 12.9. The molecule has 1 amide bonds. The number of amides is 1. The van der Waals surface area contributed by atoms with E-state index in [-0.39, 0.29) is 5.91 Å². The predicted molar refractivity (Wildman–Crippen MR) is 66.8 cm³/mol. The van der Waals surface area contributed by atoms with E-state index in [2.05, 4.69) is 10.4 Å². The van der Waals surface area contributed by atoms with Crippen molar-refractivity contribution in [3.63, 3.8) is 0 Å². The summed E-state index contributed by atoms with van der Waals surface area (Å²) < 4.78 is 6.97. The van der Waals surface area contributed by atoms with Gasteiger partial charge in [0, 0.05) is 25.4 Å². The number of aryl methyl sites for hydroxylation is 1. The van der Waals surface area contributed by atoms with Crippen molar-refractivity contribution in [3.05, 3.63) is 41.7 Å². The van der Waals surface area contributed by atoms with E-state index < -0.39 is 0 Å². The molecule has 0 fully saturated rings. The highest BCUT2D eigenvalue weighted by molar-refractivity contribution is 6.03. The molecular formula is C13H13N3O2. The molecular weight excluding hydrogens is 230 g/mol. The maximum absolute atomic E-state index is 12.0. The third kappa shape index (κ3) is 1.84. The van der Waals surface area contributed by atoms with Gasteiger partial charge in [0.25, 0.3) is 5.91 Å². The number of carbonyl (C=O) groups excluding carboxylic acids is 1. The first kappa shape index (κ1) is 10.8. The Morgan fingerprint density at radius 3 is 3.11 bits per heavy atom. The van der Waals surface area contributed by atoms with Crippen LogP contribution in [0.5, 0.6) is 5.75 Å². The molecule has 0 unspecified atom stereocenters. The molecule has 0 radical (unpaired) electrons. The van der Waals surface area contributed by atoms with E-state index >= 15 is 0 Å². The van der Waals surface area contributed by atoms with Gasteiger partial charge < -0.3 is 10.1 Å². The lowest BCUT2D eigenvalue weighted by molar-refractivity contribution is 0.101. The van der Waals surface area contributed by atoms with Crippen LogP contribution in [-0.2, 0) is 13.5 Å². The number of rotatable bonds is 2. The highest BCUT2D eigenvalue weighted by Gasteiger charge is 2.14. The lowest BCUT2D eigenvalue weighted by atomic mass is 10.1. The predicted octanol–water partition coefficient (Wildman–Crippen LogP) is 1.61. The van der Waals surface area contributed by atoms with Gasteiger partial charge in [0.05, 0.1) is 6.61 Å². The van der Waals surface area contributed by atoms with Gasteiger partial charge in [-0.1, -0.05) is 0 Å². The fourth-order valence-electron chi connectivity index (χ4n) is 2.06. The van der Waals surface area contributed by atoms with Crippen LogP contribution in [0, 0.1) is 0 Å². The molecule has 3 rings (SSSR count). The number of hydrogen-bond donors (Lipinski definition) is 1. The van der Waals surface area contributed by atoms with Crippen molar-refractivity contribution in [2.24, 2.45) is 7.05 Å². The Hall–Kier alpha value is -2.30. The van der Waals surface area contributed by atoms with Crippen molar-refractivity contribution in [2.75, 3.05) is 11.9 Å². The molecule has 18 heavy (non-hydrogen) atoms. The van der Waals surface area contributed by atoms with E-state index in [0.717, 1.165) is 23.4 Å². The lowest BCUT2D eigenvalue weighted by Gasteiger charge is -2.06. The molecule has 1 aliphatic rings. The molecule has 0 atom stereocenters. The third-order valence-electron chi connectivity index (χ3n) is 3.00. The van der Waals surface area contributed by atoms with Crippen LogP contribution < -0.4 is 10.1 Å². The fourth-order valence-corrected chi connectivity index (χ4v) is 2.06. The van der Waals surface area contributed by atoms with E-state index in [4.69, 9.17) is 4.74 Å². The minimum Gasteiger partial charge on any atom is -0.493 e. The first-order valence-electron chi connectivity index (χ1n) is 5.79. The Bertz CT molecular complexity index is 604. The number of fused-ring (bicyclic) bond motifs is 1. The van der Waals surface area contributed by atoms with Gasteiger partial charge in [-0.2, -0.15) is 5.10 Å². The zero-order valence-corrected chi connectivity index (χ0v) is 10.0. The molecule has 2 aromatic rings. The molecule has 5 nitrogen and oxygen atoms in total. The van der Waals surface area contributed by atoms with Crippen LogP contribution in [0.1, 0.15) is 16.1 Å². The summed E-state index contributed by atoms with van der Waals surface area (Å²) in [6.45, 7) is 0.717. The van der Waals surface area contributed by atoms with E-state index in [0.29, 0.717) is 12.3 Å². The number of anilines is 1. The molecule has 0 bridgehead atoms. The molecule has 92 valence electrons. The van der Waals surface area contributed by atoms with Crippen LogP contribution >= 0.6 is 0 Å². The molecule has 2 heterocycles. The van der Waals surface area contributed by atoms with Crippen LogP contribution in [-0.4, -0.2) is 22.3 Å². The average molecular weight is 243 g/mol. The second-order valence-corrected chi connectivity index (χ2v) is 4.22. The zero-order chi connectivity index (χ0) is 12.5. The number of benzene rings is 1. The Balaban J connectivity index is 1.81. The average Bonchev–Trinajstić information content (AvgIpc) is 2.96. The Labute approximate surface area is 104 Å². The van der Waals surface area contributed by atoms with Crippen LogP contribution in [0.25, 0.3) is 0 Å². The summed E-state index contributed by atoms with van der Waals surface area (Å²) in [6, 6.07) is 7.38. The molecule has 5 heteroatoms. The monoisotopic (exact) mass is 243 g/mol. The number of nitrogens with one attached hydrogen (secondary N) is 1. The second kappa shape index (κ2) is 4.18. The molecule has 0 aliphatic carbocycles. The molecule has 1 aromatic heterocycles. The summed E-state index contributed by atoms with van der Waals surface area (Å²) in [6.07, 6.45) is 2.50. The quantitative estimate of drug-likeness (QED) is 0.871. The summed E-state index contributed by atoms with van der Waals surface area (Å²) in [5.41, 5.74) is 2.45. The van der Waals surface area contributed by atoms with Crippen molar-refractivity contribution in [1.82, 2.24) is 9.78 Å². The highest BCUT2D eigenvalue weighted by Crippen LogP contribution is 2.27. The SMILES string of the molecule is Cn1nccc1C(=O)Nc1ccc2c(c1)CCO2. The van der Waals surface area contributed by atoms with Crippen LogP contribution in [0.15, 0.2) is 30.5 Å². The van der Waals surface area contributed by atoms with Gasteiger partial charge in [0.2, 0.25) is 0 Å². The molecule has 1 N–H and O–H groups in total. The van der Waals surface area contributed by atoms with E-state index in [1.807, 2.05) is 18.2 Å². The summed E-state index contributed by atoms with van der Waals surface area (Å²) in [4.78, 5) is 12.0. The van der Waals surface area contributed by atoms with Gasteiger partial charge >= 0.3 is 0 Å². The third-order valence-corrected chi connectivity index (χ3v) is 3.00. The maximum Gasteiger partial charge on any atom is 0.273 e. The van der Waals surface area contributed by atoms with Crippen molar-refractivity contribution in [2.45, 2.75) is 6.42 Å². The zero-order valence-electron chi connectivity index (χ0n) is 10.0. The first-order valence-corrected chi connectivity index (χ1v) is 5.79. The highest BCUT2D eigenvalue weighted by atomic mass is 16.5. The summed E-state index contributed by atoms with van der Waals surface area (Å²) in [5.74, 6) is 0.752. The van der Waals surface area contributed by atoms with Crippen LogP contribution in [0.3, 0.4) is 0 Å². The van der Waals surface area contributed by atoms with Gasteiger partial charge in [-0.15, -0.1) is 0 Å². The molecule has 1 aliphatic heterocycles. The fraction of sp³-hybridized carbons (Fsp3) is 0.231. The minimum absolute atomic E-state index is 0.158. The second-order valence-electron chi connectivity index (χ2n) is 4.22. The number of hydrogen-bond acceptors (Lipinski definition) is 3. The molecule has 1 aromatic carbocycles. The smallest absolute Gasteiger partial charge is 0.273 e. The van der Waals surface area contributed by atoms with Gasteiger partial charge in [0.1, 0.15) is 11.4 Å². The van der Waals surface area contributed by atoms with Crippen molar-refractivity contribution < 1.29 is 9.53 Å². The number of ether oxygens (including phenoxy) is 1. The minimum atomic E-state index is -0.158. The standard InChI is InChI=1S/C13H13N3O2/c1-16-11(4-6-14-16)13(17)15-10-2-3-12-9(8-10)5-7-18-12/h2-4,6,8H,5,7H2,1H3,(H,15,17). The Kier molecular flexibility index (Phi) is 2.51. The van der Waals surface area contributed by atoms with E-state index in [1.165, 1.54) is 0 Å². The van der Waals surface area contributed by atoms with Gasteiger partial charge in [-0.25, -0.2) is 0 Å². The number of nitrogens with zero attached hydrogens (tertiary/aromatic N) is 2.